The van der Waals surface area contributed by atoms with Gasteiger partial charge in [0.25, 0.3) is 0 Å². The lowest BCUT2D eigenvalue weighted by Crippen LogP contribution is -2.24. The van der Waals surface area contributed by atoms with E-state index in [0.717, 1.165) is 31.0 Å². The molecule has 0 bridgehead atoms. The van der Waals surface area contributed by atoms with Gasteiger partial charge in [0.15, 0.2) is 11.5 Å². The van der Waals surface area contributed by atoms with Gasteiger partial charge >= 0.3 is 0 Å². The summed E-state index contributed by atoms with van der Waals surface area (Å²) in [5.74, 6) is 1.57. The molecule has 1 aliphatic heterocycles. The fourth-order valence-electron chi connectivity index (χ4n) is 2.64. The van der Waals surface area contributed by atoms with E-state index in [4.69, 9.17) is 9.47 Å². The lowest BCUT2D eigenvalue weighted by molar-refractivity contribution is 0.283. The molecule has 1 heterocycles. The highest BCUT2D eigenvalue weighted by Crippen LogP contribution is 2.27. The summed E-state index contributed by atoms with van der Waals surface area (Å²) in [6.07, 6.45) is 1.07. The van der Waals surface area contributed by atoms with Crippen LogP contribution in [0.5, 0.6) is 11.5 Å². The molecular formula is C17H19NO2. The van der Waals surface area contributed by atoms with Gasteiger partial charge in [0.1, 0.15) is 6.61 Å². The Labute approximate surface area is 119 Å². The largest absolute Gasteiger partial charge is 0.493 e. The Morgan fingerprint density at radius 2 is 1.90 bits per heavy atom. The summed E-state index contributed by atoms with van der Waals surface area (Å²) in [5, 5.41) is 3.40. The summed E-state index contributed by atoms with van der Waals surface area (Å²) in [4.78, 5) is 0. The van der Waals surface area contributed by atoms with Crippen LogP contribution in [0.4, 0.5) is 0 Å². The summed E-state index contributed by atoms with van der Waals surface area (Å²) in [5.41, 5.74) is 4.09. The molecule has 2 aromatic carbocycles. The molecule has 3 rings (SSSR count). The molecule has 0 amide bonds. The molecule has 3 heteroatoms. The Morgan fingerprint density at radius 1 is 1.05 bits per heavy atom. The van der Waals surface area contributed by atoms with Crippen molar-refractivity contribution in [1.29, 1.82) is 0 Å². The van der Waals surface area contributed by atoms with Crippen LogP contribution in [0.2, 0.25) is 0 Å². The molecule has 0 atom stereocenters. The number of hydrogen-bond donors (Lipinski definition) is 1. The Balaban J connectivity index is 1.79. The maximum atomic E-state index is 5.93. The van der Waals surface area contributed by atoms with Crippen molar-refractivity contribution in [2.75, 3.05) is 13.7 Å². The summed E-state index contributed by atoms with van der Waals surface area (Å²) < 4.78 is 11.2. The fraction of sp³-hybridized carbons (Fsp3) is 0.294. The van der Waals surface area contributed by atoms with Crippen molar-refractivity contribution >= 4 is 0 Å². The Morgan fingerprint density at radius 3 is 2.75 bits per heavy atom. The van der Waals surface area contributed by atoms with E-state index in [1.807, 2.05) is 24.3 Å². The van der Waals surface area contributed by atoms with Gasteiger partial charge in [0.2, 0.25) is 0 Å². The van der Waals surface area contributed by atoms with Crippen LogP contribution in [0, 0.1) is 0 Å². The van der Waals surface area contributed by atoms with Crippen molar-refractivity contribution < 1.29 is 9.47 Å². The molecule has 104 valence electrons. The molecule has 3 nitrogen and oxygen atoms in total. The third kappa shape index (κ3) is 2.63. The van der Waals surface area contributed by atoms with Crippen LogP contribution in [0.3, 0.4) is 0 Å². The lowest BCUT2D eigenvalue weighted by Gasteiger charge is -2.20. The second-order valence-corrected chi connectivity index (χ2v) is 4.92. The van der Waals surface area contributed by atoms with Crippen molar-refractivity contribution in [3.63, 3.8) is 0 Å². The number of nitrogens with one attached hydrogen (secondary N) is 1. The van der Waals surface area contributed by atoms with E-state index >= 15 is 0 Å². The monoisotopic (exact) mass is 269 g/mol. The molecule has 20 heavy (non-hydrogen) atoms. The molecule has 0 saturated heterocycles. The van der Waals surface area contributed by atoms with Crippen LogP contribution in [0.25, 0.3) is 0 Å². The number of para-hydroxylation sites is 2. The number of ether oxygens (including phenoxy) is 2. The molecule has 2 aromatic rings. The van der Waals surface area contributed by atoms with Gasteiger partial charge in [-0.05, 0) is 41.8 Å². The van der Waals surface area contributed by atoms with Crippen molar-refractivity contribution in [3.05, 3.63) is 59.2 Å². The van der Waals surface area contributed by atoms with Gasteiger partial charge in [0.05, 0.1) is 7.11 Å². The number of rotatable bonds is 4. The molecule has 0 spiro atoms. The summed E-state index contributed by atoms with van der Waals surface area (Å²) >= 11 is 0. The number of fused-ring (bicyclic) bond motifs is 1. The molecule has 0 aromatic heterocycles. The third-order valence-electron chi connectivity index (χ3n) is 3.69. The molecular weight excluding hydrogens is 250 g/mol. The standard InChI is InChI=1S/C17H19NO2/c1-19-16-7-2-3-8-17(16)20-12-14-6-4-5-13-11-18-10-9-15(13)14/h2-8,18H,9-12H2,1H3. The summed E-state index contributed by atoms with van der Waals surface area (Å²) in [6.45, 7) is 2.58. The van der Waals surface area contributed by atoms with E-state index in [2.05, 4.69) is 23.5 Å². The highest BCUT2D eigenvalue weighted by Gasteiger charge is 2.13. The highest BCUT2D eigenvalue weighted by atomic mass is 16.5. The summed E-state index contributed by atoms with van der Waals surface area (Å²) in [7, 11) is 1.66. The molecule has 0 fully saturated rings. The zero-order valence-electron chi connectivity index (χ0n) is 11.7. The number of hydrogen-bond acceptors (Lipinski definition) is 3. The first-order chi connectivity index (χ1) is 9.88. The normalized spacial score (nSPS) is 13.7. The first kappa shape index (κ1) is 13.0. The summed E-state index contributed by atoms with van der Waals surface area (Å²) in [6, 6.07) is 14.2. The van der Waals surface area contributed by atoms with Gasteiger partial charge in [-0.15, -0.1) is 0 Å². The van der Waals surface area contributed by atoms with E-state index in [9.17, 15) is 0 Å². The predicted molar refractivity (Wildman–Crippen MR) is 79.2 cm³/mol. The van der Waals surface area contributed by atoms with Crippen molar-refractivity contribution in [2.45, 2.75) is 19.6 Å². The first-order valence-corrected chi connectivity index (χ1v) is 6.94. The topological polar surface area (TPSA) is 30.5 Å². The minimum absolute atomic E-state index is 0.587. The minimum atomic E-state index is 0.587. The van der Waals surface area contributed by atoms with Gasteiger partial charge in [-0.2, -0.15) is 0 Å². The maximum Gasteiger partial charge on any atom is 0.161 e. The van der Waals surface area contributed by atoms with Gasteiger partial charge in [0, 0.05) is 6.54 Å². The third-order valence-corrected chi connectivity index (χ3v) is 3.69. The minimum Gasteiger partial charge on any atom is -0.493 e. The number of methoxy groups -OCH3 is 1. The lowest BCUT2D eigenvalue weighted by atomic mass is 9.96. The Hall–Kier alpha value is -2.00. The van der Waals surface area contributed by atoms with Crippen LogP contribution < -0.4 is 14.8 Å². The van der Waals surface area contributed by atoms with Crippen LogP contribution in [-0.4, -0.2) is 13.7 Å². The maximum absolute atomic E-state index is 5.93. The van der Waals surface area contributed by atoms with Crippen LogP contribution in [0.15, 0.2) is 42.5 Å². The second kappa shape index (κ2) is 5.97. The van der Waals surface area contributed by atoms with Crippen LogP contribution in [0.1, 0.15) is 16.7 Å². The van der Waals surface area contributed by atoms with Crippen molar-refractivity contribution in [3.8, 4) is 11.5 Å². The molecule has 1 N–H and O–H groups in total. The van der Waals surface area contributed by atoms with Gasteiger partial charge in [-0.1, -0.05) is 30.3 Å². The average Bonchev–Trinajstić information content (AvgIpc) is 2.53. The SMILES string of the molecule is COc1ccccc1OCc1cccc2c1CCNC2. The van der Waals surface area contributed by atoms with E-state index in [-0.39, 0.29) is 0 Å². The number of benzene rings is 2. The zero-order valence-corrected chi connectivity index (χ0v) is 11.7. The van der Waals surface area contributed by atoms with Gasteiger partial charge in [-0.3, -0.25) is 0 Å². The zero-order chi connectivity index (χ0) is 13.8. The quantitative estimate of drug-likeness (QED) is 0.925. The molecule has 1 aliphatic rings. The molecule has 0 saturated carbocycles. The van der Waals surface area contributed by atoms with E-state index in [1.54, 1.807) is 7.11 Å². The van der Waals surface area contributed by atoms with E-state index < -0.39 is 0 Å². The van der Waals surface area contributed by atoms with Crippen molar-refractivity contribution in [2.24, 2.45) is 0 Å². The fourth-order valence-corrected chi connectivity index (χ4v) is 2.64. The highest BCUT2D eigenvalue weighted by molar-refractivity contribution is 5.41. The van der Waals surface area contributed by atoms with Gasteiger partial charge in [-0.25, -0.2) is 0 Å². The molecule has 0 unspecified atom stereocenters. The van der Waals surface area contributed by atoms with Crippen molar-refractivity contribution in [1.82, 2.24) is 5.32 Å². The van der Waals surface area contributed by atoms with Crippen LogP contribution in [-0.2, 0) is 19.6 Å². The Kier molecular flexibility index (Phi) is 3.88. The van der Waals surface area contributed by atoms with E-state index in [1.165, 1.54) is 16.7 Å². The van der Waals surface area contributed by atoms with Gasteiger partial charge < -0.3 is 14.8 Å². The predicted octanol–water partition coefficient (Wildman–Crippen LogP) is 2.92. The van der Waals surface area contributed by atoms with E-state index in [0.29, 0.717) is 6.61 Å². The average molecular weight is 269 g/mol. The smallest absolute Gasteiger partial charge is 0.161 e. The second-order valence-electron chi connectivity index (χ2n) is 4.92. The first-order valence-electron chi connectivity index (χ1n) is 6.94. The molecule has 0 radical (unpaired) electrons. The van der Waals surface area contributed by atoms with Crippen LogP contribution >= 0.6 is 0 Å². The molecule has 0 aliphatic carbocycles. The Bertz CT molecular complexity index is 595.